The van der Waals surface area contributed by atoms with Crippen LogP contribution in [0.3, 0.4) is 0 Å². The fraction of sp³-hybridized carbons (Fsp3) is 0.650. The first-order valence-corrected chi connectivity index (χ1v) is 9.17. The highest BCUT2D eigenvalue weighted by molar-refractivity contribution is 5.75. The van der Waals surface area contributed by atoms with E-state index in [4.69, 9.17) is 0 Å². The molecule has 2 aliphatic rings. The van der Waals surface area contributed by atoms with E-state index in [1.165, 1.54) is 18.4 Å². The SMILES string of the molecule is CC(C)C1N(C(=O)N(C)C)CC12CCN(Cc1ccccc1)CC2. The highest BCUT2D eigenvalue weighted by Gasteiger charge is 2.56. The maximum atomic E-state index is 12.4. The Hall–Kier alpha value is -1.55. The summed E-state index contributed by atoms with van der Waals surface area (Å²) >= 11 is 0. The Morgan fingerprint density at radius 1 is 1.21 bits per heavy atom. The topological polar surface area (TPSA) is 26.8 Å². The minimum atomic E-state index is 0.172. The van der Waals surface area contributed by atoms with Crippen molar-refractivity contribution >= 4 is 6.03 Å². The minimum Gasteiger partial charge on any atom is -0.331 e. The summed E-state index contributed by atoms with van der Waals surface area (Å²) in [7, 11) is 3.71. The second-order valence-electron chi connectivity index (χ2n) is 8.12. The number of hydrogen-bond donors (Lipinski definition) is 0. The largest absolute Gasteiger partial charge is 0.331 e. The van der Waals surface area contributed by atoms with Crippen LogP contribution in [-0.2, 0) is 6.54 Å². The maximum Gasteiger partial charge on any atom is 0.319 e. The van der Waals surface area contributed by atoms with E-state index in [9.17, 15) is 4.79 Å². The standard InChI is InChI=1S/C20H31N3O/c1-16(2)18-20(15-23(18)19(24)21(3)4)10-12-22(13-11-20)14-17-8-6-5-7-9-17/h5-9,16,18H,10-15H2,1-4H3. The van der Waals surface area contributed by atoms with E-state index < -0.39 is 0 Å². The van der Waals surface area contributed by atoms with Gasteiger partial charge in [-0.3, -0.25) is 4.90 Å². The van der Waals surface area contributed by atoms with Crippen LogP contribution in [0.4, 0.5) is 4.79 Å². The molecule has 0 saturated carbocycles. The molecular weight excluding hydrogens is 298 g/mol. The molecule has 0 aliphatic carbocycles. The van der Waals surface area contributed by atoms with Gasteiger partial charge in [0.15, 0.2) is 0 Å². The summed E-state index contributed by atoms with van der Waals surface area (Å²) in [6, 6.07) is 11.3. The molecule has 0 N–H and O–H groups in total. The second kappa shape index (κ2) is 6.75. The molecule has 2 heterocycles. The monoisotopic (exact) mass is 329 g/mol. The number of nitrogens with zero attached hydrogens (tertiary/aromatic N) is 3. The van der Waals surface area contributed by atoms with Crippen molar-refractivity contribution in [1.82, 2.24) is 14.7 Å². The van der Waals surface area contributed by atoms with Gasteiger partial charge in [-0.15, -0.1) is 0 Å². The third-order valence-corrected chi connectivity index (χ3v) is 5.81. The van der Waals surface area contributed by atoms with Crippen molar-refractivity contribution in [3.8, 4) is 0 Å². The Morgan fingerprint density at radius 2 is 1.83 bits per heavy atom. The Labute approximate surface area is 146 Å². The summed E-state index contributed by atoms with van der Waals surface area (Å²) in [6.45, 7) is 8.79. The van der Waals surface area contributed by atoms with Crippen molar-refractivity contribution < 1.29 is 4.79 Å². The van der Waals surface area contributed by atoms with Crippen LogP contribution in [0, 0.1) is 11.3 Å². The molecule has 0 bridgehead atoms. The Bertz CT molecular complexity index is 562. The van der Waals surface area contributed by atoms with Gasteiger partial charge in [-0.2, -0.15) is 0 Å². The van der Waals surface area contributed by atoms with E-state index >= 15 is 0 Å². The van der Waals surface area contributed by atoms with Crippen LogP contribution in [-0.4, -0.2) is 60.5 Å². The lowest BCUT2D eigenvalue weighted by Gasteiger charge is -2.62. The number of benzene rings is 1. The lowest BCUT2D eigenvalue weighted by molar-refractivity contribution is -0.106. The van der Waals surface area contributed by atoms with Crippen LogP contribution >= 0.6 is 0 Å². The Balaban J connectivity index is 1.61. The van der Waals surface area contributed by atoms with E-state index in [1.807, 2.05) is 14.1 Å². The van der Waals surface area contributed by atoms with Crippen LogP contribution in [0.2, 0.25) is 0 Å². The van der Waals surface area contributed by atoms with Gasteiger partial charge in [0.25, 0.3) is 0 Å². The first-order chi connectivity index (χ1) is 11.4. The second-order valence-corrected chi connectivity index (χ2v) is 8.12. The normalized spacial score (nSPS) is 23.4. The van der Waals surface area contributed by atoms with Gasteiger partial charge in [0.1, 0.15) is 0 Å². The summed E-state index contributed by atoms with van der Waals surface area (Å²) in [6.07, 6.45) is 2.42. The van der Waals surface area contributed by atoms with Gasteiger partial charge in [0, 0.05) is 38.6 Å². The zero-order valence-electron chi connectivity index (χ0n) is 15.5. The first kappa shape index (κ1) is 17.3. The average molecular weight is 329 g/mol. The highest BCUT2D eigenvalue weighted by Crippen LogP contribution is 2.49. The van der Waals surface area contributed by atoms with Crippen molar-refractivity contribution in [1.29, 1.82) is 0 Å². The van der Waals surface area contributed by atoms with Crippen molar-refractivity contribution in [2.45, 2.75) is 39.3 Å². The van der Waals surface area contributed by atoms with Crippen molar-refractivity contribution in [3.63, 3.8) is 0 Å². The lowest BCUT2D eigenvalue weighted by atomic mass is 9.62. The van der Waals surface area contributed by atoms with Crippen molar-refractivity contribution in [2.24, 2.45) is 11.3 Å². The fourth-order valence-corrected chi connectivity index (χ4v) is 4.71. The Morgan fingerprint density at radius 3 is 2.38 bits per heavy atom. The molecular formula is C20H31N3O. The van der Waals surface area contributed by atoms with Crippen molar-refractivity contribution in [3.05, 3.63) is 35.9 Å². The van der Waals surface area contributed by atoms with E-state index in [1.54, 1.807) is 4.90 Å². The molecule has 2 fully saturated rings. The predicted octanol–water partition coefficient (Wildman–Crippen LogP) is 3.29. The fourth-order valence-electron chi connectivity index (χ4n) is 4.71. The number of amides is 2. The number of hydrogen-bond acceptors (Lipinski definition) is 2. The van der Waals surface area contributed by atoms with Gasteiger partial charge in [-0.1, -0.05) is 44.2 Å². The molecule has 3 rings (SSSR count). The van der Waals surface area contributed by atoms with Crippen LogP contribution in [0.15, 0.2) is 30.3 Å². The molecule has 1 aromatic rings. The zero-order chi connectivity index (χ0) is 17.3. The summed E-state index contributed by atoms with van der Waals surface area (Å²) in [5, 5.41) is 0. The number of piperidine rings is 1. The number of urea groups is 1. The lowest BCUT2D eigenvalue weighted by Crippen LogP contribution is -2.71. The third kappa shape index (κ3) is 3.16. The highest BCUT2D eigenvalue weighted by atomic mass is 16.2. The van der Waals surface area contributed by atoms with E-state index in [-0.39, 0.29) is 6.03 Å². The molecule has 0 radical (unpaired) electrons. The molecule has 24 heavy (non-hydrogen) atoms. The molecule has 2 aliphatic heterocycles. The van der Waals surface area contributed by atoms with Crippen molar-refractivity contribution in [2.75, 3.05) is 33.7 Å². The third-order valence-electron chi connectivity index (χ3n) is 5.81. The van der Waals surface area contributed by atoms with Gasteiger partial charge < -0.3 is 9.80 Å². The number of rotatable bonds is 3. The minimum absolute atomic E-state index is 0.172. The Kier molecular flexibility index (Phi) is 4.86. The van der Waals surface area contributed by atoms with Crippen LogP contribution < -0.4 is 0 Å². The summed E-state index contributed by atoms with van der Waals surface area (Å²) < 4.78 is 0. The van der Waals surface area contributed by atoms with Gasteiger partial charge >= 0.3 is 6.03 Å². The van der Waals surface area contributed by atoms with Crippen LogP contribution in [0.25, 0.3) is 0 Å². The molecule has 1 aromatic carbocycles. The first-order valence-electron chi connectivity index (χ1n) is 9.17. The van der Waals surface area contributed by atoms with Gasteiger partial charge in [0.05, 0.1) is 0 Å². The number of carbonyl (C=O) groups excluding carboxylic acids is 1. The zero-order valence-corrected chi connectivity index (χ0v) is 15.5. The summed E-state index contributed by atoms with van der Waals surface area (Å²) in [5.74, 6) is 0.517. The van der Waals surface area contributed by atoms with E-state index in [0.29, 0.717) is 17.4 Å². The van der Waals surface area contributed by atoms with Gasteiger partial charge in [-0.25, -0.2) is 4.79 Å². The molecule has 1 atom stereocenters. The summed E-state index contributed by atoms with van der Waals surface area (Å²) in [5.41, 5.74) is 1.74. The molecule has 132 valence electrons. The molecule has 1 unspecified atom stereocenters. The van der Waals surface area contributed by atoms with E-state index in [0.717, 1.165) is 26.2 Å². The van der Waals surface area contributed by atoms with Gasteiger partial charge in [-0.05, 0) is 37.4 Å². The molecule has 4 heteroatoms. The van der Waals surface area contributed by atoms with Crippen LogP contribution in [0.5, 0.6) is 0 Å². The number of likely N-dealkylation sites (tertiary alicyclic amines) is 2. The molecule has 2 saturated heterocycles. The van der Waals surface area contributed by atoms with Crippen LogP contribution in [0.1, 0.15) is 32.3 Å². The van der Waals surface area contributed by atoms with E-state index in [2.05, 4.69) is 54.0 Å². The van der Waals surface area contributed by atoms with Gasteiger partial charge in [0.2, 0.25) is 0 Å². The molecule has 2 amide bonds. The summed E-state index contributed by atoms with van der Waals surface area (Å²) in [4.78, 5) is 18.8. The quantitative estimate of drug-likeness (QED) is 0.851. The molecule has 4 nitrogen and oxygen atoms in total. The number of carbonyl (C=O) groups is 1. The molecule has 0 aromatic heterocycles. The predicted molar refractivity (Wildman–Crippen MR) is 97.8 cm³/mol. The smallest absolute Gasteiger partial charge is 0.319 e. The molecule has 1 spiro atoms. The maximum absolute atomic E-state index is 12.4. The average Bonchev–Trinajstić information content (AvgIpc) is 2.53.